The summed E-state index contributed by atoms with van der Waals surface area (Å²) in [5, 5.41) is 6.63. The second-order valence-electron chi connectivity index (χ2n) is 3.28. The molecule has 84 valence electrons. The number of carbonyl (C=O) groups is 1. The molecule has 0 spiro atoms. The summed E-state index contributed by atoms with van der Waals surface area (Å²) >= 11 is 0. The van der Waals surface area contributed by atoms with Crippen LogP contribution in [-0.4, -0.2) is 27.8 Å². The molecule has 0 fully saturated rings. The van der Waals surface area contributed by atoms with Gasteiger partial charge >= 0.3 is 5.97 Å². The fraction of sp³-hybridized carbons (Fsp3) is 0.700. The van der Waals surface area contributed by atoms with E-state index in [2.05, 4.69) is 29.0 Å². The highest BCUT2D eigenvalue weighted by molar-refractivity contribution is 5.84. The van der Waals surface area contributed by atoms with Crippen molar-refractivity contribution in [1.29, 1.82) is 0 Å². The molecule has 0 aromatic carbocycles. The molecule has 1 aromatic rings. The number of aromatic amines is 1. The van der Waals surface area contributed by atoms with Crippen LogP contribution in [-0.2, 0) is 4.74 Å². The van der Waals surface area contributed by atoms with E-state index in [1.807, 2.05) is 0 Å². The minimum Gasteiger partial charge on any atom is -0.460 e. The topological polar surface area (TPSA) is 67.9 Å². The summed E-state index contributed by atoms with van der Waals surface area (Å²) in [5.74, 6) is 0.758. The summed E-state index contributed by atoms with van der Waals surface area (Å²) < 4.78 is 4.80. The highest BCUT2D eigenvalue weighted by Crippen LogP contribution is 2.18. The Hall–Kier alpha value is -1.39. The van der Waals surface area contributed by atoms with Crippen molar-refractivity contribution in [3.8, 4) is 0 Å². The monoisotopic (exact) mass is 211 g/mol. The molecule has 0 atom stereocenters. The van der Waals surface area contributed by atoms with Gasteiger partial charge in [-0.15, -0.1) is 5.10 Å². The predicted molar refractivity (Wildman–Crippen MR) is 55.7 cm³/mol. The van der Waals surface area contributed by atoms with Gasteiger partial charge in [-0.25, -0.2) is 9.78 Å². The Kier molecular flexibility index (Phi) is 4.27. The molecule has 5 heteroatoms. The number of nitrogens with one attached hydrogen (secondary N) is 1. The van der Waals surface area contributed by atoms with Crippen LogP contribution in [0.3, 0.4) is 0 Å². The van der Waals surface area contributed by atoms with Gasteiger partial charge in [0.1, 0.15) is 5.82 Å². The van der Waals surface area contributed by atoms with Crippen LogP contribution >= 0.6 is 0 Å². The van der Waals surface area contributed by atoms with Gasteiger partial charge in [0, 0.05) is 5.92 Å². The summed E-state index contributed by atoms with van der Waals surface area (Å²) in [6, 6.07) is 0. The van der Waals surface area contributed by atoms with Crippen molar-refractivity contribution in [3.05, 3.63) is 11.6 Å². The molecule has 0 unspecified atom stereocenters. The normalized spacial score (nSPS) is 10.7. The van der Waals surface area contributed by atoms with E-state index in [0.29, 0.717) is 12.5 Å². The Morgan fingerprint density at radius 3 is 2.60 bits per heavy atom. The van der Waals surface area contributed by atoms with Crippen molar-refractivity contribution in [3.63, 3.8) is 0 Å². The van der Waals surface area contributed by atoms with Gasteiger partial charge in [0.25, 0.3) is 5.82 Å². The van der Waals surface area contributed by atoms with E-state index >= 15 is 0 Å². The summed E-state index contributed by atoms with van der Waals surface area (Å²) in [6.07, 6.45) is 1.96. The van der Waals surface area contributed by atoms with Gasteiger partial charge in [0.2, 0.25) is 0 Å². The van der Waals surface area contributed by atoms with Gasteiger partial charge in [0.05, 0.1) is 6.61 Å². The van der Waals surface area contributed by atoms with E-state index in [9.17, 15) is 4.79 Å². The third kappa shape index (κ3) is 2.78. The average Bonchev–Trinajstić information content (AvgIpc) is 2.69. The van der Waals surface area contributed by atoms with Crippen LogP contribution in [0.1, 0.15) is 56.0 Å². The molecule has 0 aliphatic rings. The van der Waals surface area contributed by atoms with Gasteiger partial charge in [-0.1, -0.05) is 13.8 Å². The van der Waals surface area contributed by atoms with E-state index in [1.54, 1.807) is 6.92 Å². The number of rotatable bonds is 5. The second kappa shape index (κ2) is 5.48. The van der Waals surface area contributed by atoms with Gasteiger partial charge < -0.3 is 4.74 Å². The Morgan fingerprint density at radius 2 is 2.07 bits per heavy atom. The van der Waals surface area contributed by atoms with Gasteiger partial charge in [0.15, 0.2) is 0 Å². The van der Waals surface area contributed by atoms with Gasteiger partial charge in [-0.3, -0.25) is 5.10 Å². The van der Waals surface area contributed by atoms with Crippen LogP contribution < -0.4 is 0 Å². The number of carbonyl (C=O) groups excluding carboxylic acids is 1. The molecule has 1 N–H and O–H groups in total. The first kappa shape index (κ1) is 11.7. The summed E-state index contributed by atoms with van der Waals surface area (Å²) in [7, 11) is 0. The molecule has 0 radical (unpaired) electrons. The molecule has 0 amide bonds. The summed E-state index contributed by atoms with van der Waals surface area (Å²) in [5.41, 5.74) is 0. The minimum atomic E-state index is -0.467. The number of hydrogen-bond acceptors (Lipinski definition) is 4. The van der Waals surface area contributed by atoms with Crippen LogP contribution in [0.2, 0.25) is 0 Å². The maximum absolute atomic E-state index is 11.3. The van der Waals surface area contributed by atoms with E-state index in [4.69, 9.17) is 4.74 Å². The molecular formula is C10H17N3O2. The third-order valence-corrected chi connectivity index (χ3v) is 2.33. The van der Waals surface area contributed by atoms with E-state index in [0.717, 1.165) is 18.7 Å². The zero-order valence-electron chi connectivity index (χ0n) is 9.41. The molecular weight excluding hydrogens is 194 g/mol. The van der Waals surface area contributed by atoms with Crippen LogP contribution in [0, 0.1) is 0 Å². The Balaban J connectivity index is 2.75. The van der Waals surface area contributed by atoms with Crippen molar-refractivity contribution in [2.75, 3.05) is 6.61 Å². The maximum Gasteiger partial charge on any atom is 0.378 e. The highest BCUT2D eigenvalue weighted by atomic mass is 16.5. The lowest BCUT2D eigenvalue weighted by Gasteiger charge is -2.06. The zero-order chi connectivity index (χ0) is 11.3. The van der Waals surface area contributed by atoms with Crippen LogP contribution in [0.25, 0.3) is 0 Å². The Morgan fingerprint density at radius 1 is 1.40 bits per heavy atom. The molecule has 15 heavy (non-hydrogen) atoms. The molecule has 0 saturated carbocycles. The lowest BCUT2D eigenvalue weighted by Crippen LogP contribution is -2.07. The standard InChI is InChI=1S/C10H17N3O2/c1-4-7(5-2)8-11-9(13-12-8)10(14)15-6-3/h7H,4-6H2,1-3H3,(H,11,12,13). The largest absolute Gasteiger partial charge is 0.460 e. The molecule has 0 aliphatic heterocycles. The average molecular weight is 211 g/mol. The van der Waals surface area contributed by atoms with Gasteiger partial charge in [-0.2, -0.15) is 0 Å². The first-order valence-electron chi connectivity index (χ1n) is 5.32. The number of ether oxygens (including phenoxy) is 1. The van der Waals surface area contributed by atoms with Gasteiger partial charge in [-0.05, 0) is 19.8 Å². The molecule has 0 aliphatic carbocycles. The van der Waals surface area contributed by atoms with Crippen LogP contribution in [0.4, 0.5) is 0 Å². The Labute approximate surface area is 89.2 Å². The maximum atomic E-state index is 11.3. The Bertz CT molecular complexity index is 318. The molecule has 0 bridgehead atoms. The lowest BCUT2D eigenvalue weighted by atomic mass is 10.0. The molecule has 1 heterocycles. The fourth-order valence-corrected chi connectivity index (χ4v) is 1.42. The van der Waals surface area contributed by atoms with E-state index < -0.39 is 5.97 Å². The quantitative estimate of drug-likeness (QED) is 0.755. The van der Waals surface area contributed by atoms with E-state index in [-0.39, 0.29) is 5.82 Å². The van der Waals surface area contributed by atoms with Crippen LogP contribution in [0.5, 0.6) is 0 Å². The molecule has 1 rings (SSSR count). The number of esters is 1. The van der Waals surface area contributed by atoms with Crippen molar-refractivity contribution in [2.45, 2.75) is 39.5 Å². The van der Waals surface area contributed by atoms with Crippen molar-refractivity contribution >= 4 is 5.97 Å². The van der Waals surface area contributed by atoms with Crippen molar-refractivity contribution < 1.29 is 9.53 Å². The van der Waals surface area contributed by atoms with E-state index in [1.165, 1.54) is 0 Å². The van der Waals surface area contributed by atoms with Crippen molar-refractivity contribution in [1.82, 2.24) is 15.2 Å². The highest BCUT2D eigenvalue weighted by Gasteiger charge is 2.17. The number of aromatic nitrogens is 3. The number of H-pyrrole nitrogens is 1. The van der Waals surface area contributed by atoms with Crippen molar-refractivity contribution in [2.24, 2.45) is 0 Å². The third-order valence-electron chi connectivity index (χ3n) is 2.33. The number of hydrogen-bond donors (Lipinski definition) is 1. The number of nitrogens with zero attached hydrogens (tertiary/aromatic N) is 2. The summed E-state index contributed by atoms with van der Waals surface area (Å²) in [4.78, 5) is 15.4. The summed E-state index contributed by atoms with van der Waals surface area (Å²) in [6.45, 7) is 6.27. The predicted octanol–water partition coefficient (Wildman–Crippen LogP) is 1.89. The fourth-order valence-electron chi connectivity index (χ4n) is 1.42. The zero-order valence-corrected chi connectivity index (χ0v) is 9.41. The first-order chi connectivity index (χ1) is 7.22. The molecule has 5 nitrogen and oxygen atoms in total. The molecule has 1 aromatic heterocycles. The second-order valence-corrected chi connectivity index (χ2v) is 3.28. The molecule has 0 saturated heterocycles. The van der Waals surface area contributed by atoms with Crippen LogP contribution in [0.15, 0.2) is 0 Å². The SMILES string of the molecule is CCOC(=O)c1n[nH]c(C(CC)CC)n1. The lowest BCUT2D eigenvalue weighted by molar-refractivity contribution is 0.0512. The minimum absolute atomic E-state index is 0.124. The smallest absolute Gasteiger partial charge is 0.378 e. The first-order valence-corrected chi connectivity index (χ1v) is 5.32.